The third-order valence-electron chi connectivity index (χ3n) is 3.30. The summed E-state index contributed by atoms with van der Waals surface area (Å²) in [5.41, 5.74) is 0.870. The van der Waals surface area contributed by atoms with Crippen LogP contribution in [0.5, 0.6) is 0 Å². The van der Waals surface area contributed by atoms with E-state index in [0.29, 0.717) is 0 Å². The van der Waals surface area contributed by atoms with E-state index in [1.165, 1.54) is 31.7 Å². The first-order valence-corrected chi connectivity index (χ1v) is 7.19. The Labute approximate surface area is 115 Å². The summed E-state index contributed by atoms with van der Waals surface area (Å²) < 4.78 is 13.4. The maximum absolute atomic E-state index is 13.4. The fraction of sp³-hybridized carbons (Fsp3) is 0.600. The number of rotatable bonds is 8. The van der Waals surface area contributed by atoms with Crippen molar-refractivity contribution in [2.24, 2.45) is 0 Å². The average Bonchev–Trinajstić information content (AvgIpc) is 2.38. The summed E-state index contributed by atoms with van der Waals surface area (Å²) in [6.45, 7) is 2.21. The third-order valence-corrected chi connectivity index (χ3v) is 3.70. The molecule has 0 heterocycles. The van der Waals surface area contributed by atoms with Crippen LogP contribution in [-0.2, 0) is 0 Å². The maximum atomic E-state index is 13.4. The quantitative estimate of drug-likeness (QED) is 0.649. The topological polar surface area (TPSA) is 12.0 Å². The first-order chi connectivity index (χ1) is 8.70. The Bertz CT molecular complexity index is 354. The van der Waals surface area contributed by atoms with E-state index in [2.05, 4.69) is 12.2 Å². The van der Waals surface area contributed by atoms with Crippen LogP contribution in [0.4, 0.5) is 4.39 Å². The highest BCUT2D eigenvalue weighted by atomic mass is 35.5. The van der Waals surface area contributed by atoms with Crippen LogP contribution in [0.25, 0.3) is 0 Å². The van der Waals surface area contributed by atoms with E-state index in [0.717, 1.165) is 18.4 Å². The van der Waals surface area contributed by atoms with Gasteiger partial charge in [-0.25, -0.2) is 4.39 Å². The number of unbranched alkanes of at least 4 members (excludes halogenated alkanes) is 4. The molecule has 0 amide bonds. The van der Waals surface area contributed by atoms with Gasteiger partial charge in [-0.15, -0.1) is 0 Å². The van der Waals surface area contributed by atoms with E-state index in [-0.39, 0.29) is 16.9 Å². The molecular formula is C15H23ClFN. The van der Waals surface area contributed by atoms with Gasteiger partial charge in [0.1, 0.15) is 5.82 Å². The lowest BCUT2D eigenvalue weighted by Crippen LogP contribution is -2.17. The van der Waals surface area contributed by atoms with Crippen molar-refractivity contribution in [1.82, 2.24) is 5.32 Å². The summed E-state index contributed by atoms with van der Waals surface area (Å²) in [4.78, 5) is 0. The SMILES string of the molecule is CCCCCCCC(NC)c1cccc(F)c1Cl. The lowest BCUT2D eigenvalue weighted by Gasteiger charge is -2.18. The largest absolute Gasteiger partial charge is 0.313 e. The Morgan fingerprint density at radius 3 is 2.61 bits per heavy atom. The van der Waals surface area contributed by atoms with Crippen molar-refractivity contribution in [3.05, 3.63) is 34.6 Å². The molecule has 0 bridgehead atoms. The highest BCUT2D eigenvalue weighted by Gasteiger charge is 2.14. The molecule has 1 unspecified atom stereocenters. The second-order valence-electron chi connectivity index (χ2n) is 4.69. The van der Waals surface area contributed by atoms with E-state index in [9.17, 15) is 4.39 Å². The normalized spacial score (nSPS) is 12.7. The van der Waals surface area contributed by atoms with Crippen molar-refractivity contribution in [2.45, 2.75) is 51.5 Å². The molecule has 0 aliphatic rings. The molecule has 0 spiro atoms. The summed E-state index contributed by atoms with van der Waals surface area (Å²) in [6.07, 6.45) is 7.22. The highest BCUT2D eigenvalue weighted by molar-refractivity contribution is 6.31. The molecule has 1 aromatic carbocycles. The summed E-state index contributed by atoms with van der Waals surface area (Å²) in [5, 5.41) is 3.48. The predicted molar refractivity (Wildman–Crippen MR) is 76.6 cm³/mol. The third kappa shape index (κ3) is 4.58. The van der Waals surface area contributed by atoms with Gasteiger partial charge in [0.15, 0.2) is 0 Å². The molecule has 1 nitrogen and oxygen atoms in total. The van der Waals surface area contributed by atoms with E-state index in [1.54, 1.807) is 6.07 Å². The van der Waals surface area contributed by atoms with Crippen molar-refractivity contribution in [1.29, 1.82) is 0 Å². The van der Waals surface area contributed by atoms with Crippen LogP contribution in [-0.4, -0.2) is 7.05 Å². The van der Waals surface area contributed by atoms with Gasteiger partial charge in [-0.1, -0.05) is 62.8 Å². The van der Waals surface area contributed by atoms with E-state index >= 15 is 0 Å². The van der Waals surface area contributed by atoms with Crippen LogP contribution in [0.1, 0.15) is 57.1 Å². The smallest absolute Gasteiger partial charge is 0.142 e. The Hall–Kier alpha value is -0.600. The number of benzene rings is 1. The second-order valence-corrected chi connectivity index (χ2v) is 5.07. The molecule has 0 aliphatic carbocycles. The number of nitrogens with one attached hydrogen (secondary N) is 1. The molecule has 0 aliphatic heterocycles. The van der Waals surface area contributed by atoms with Gasteiger partial charge < -0.3 is 5.32 Å². The van der Waals surface area contributed by atoms with Crippen LogP contribution in [0.2, 0.25) is 5.02 Å². The van der Waals surface area contributed by atoms with Crippen molar-refractivity contribution in [3.63, 3.8) is 0 Å². The van der Waals surface area contributed by atoms with Gasteiger partial charge in [-0.3, -0.25) is 0 Å². The van der Waals surface area contributed by atoms with Crippen molar-refractivity contribution < 1.29 is 4.39 Å². The standard InChI is InChI=1S/C15H23ClFN/c1-3-4-5-6-7-11-14(18-2)12-9-8-10-13(17)15(12)16/h8-10,14,18H,3-7,11H2,1-2H3. The summed E-state index contributed by atoms with van der Waals surface area (Å²) in [6, 6.07) is 5.17. The number of hydrogen-bond donors (Lipinski definition) is 1. The highest BCUT2D eigenvalue weighted by Crippen LogP contribution is 2.28. The van der Waals surface area contributed by atoms with Crippen molar-refractivity contribution in [2.75, 3.05) is 7.05 Å². The van der Waals surface area contributed by atoms with Gasteiger partial charge >= 0.3 is 0 Å². The van der Waals surface area contributed by atoms with Crippen LogP contribution in [0.15, 0.2) is 18.2 Å². The van der Waals surface area contributed by atoms with E-state index < -0.39 is 0 Å². The summed E-state index contributed by atoms with van der Waals surface area (Å²) >= 11 is 6.01. The Morgan fingerprint density at radius 2 is 1.94 bits per heavy atom. The van der Waals surface area contributed by atoms with Gasteiger partial charge in [0.05, 0.1) is 5.02 Å². The monoisotopic (exact) mass is 271 g/mol. The van der Waals surface area contributed by atoms with E-state index in [4.69, 9.17) is 11.6 Å². The summed E-state index contributed by atoms with van der Waals surface area (Å²) in [7, 11) is 1.90. The Kier molecular flexibility index (Phi) is 7.29. The lowest BCUT2D eigenvalue weighted by atomic mass is 9.99. The number of hydrogen-bond acceptors (Lipinski definition) is 1. The molecule has 0 radical (unpaired) electrons. The lowest BCUT2D eigenvalue weighted by molar-refractivity contribution is 0.498. The minimum absolute atomic E-state index is 0.148. The van der Waals surface area contributed by atoms with Crippen LogP contribution >= 0.6 is 11.6 Å². The number of halogens is 2. The van der Waals surface area contributed by atoms with Crippen LogP contribution in [0, 0.1) is 5.82 Å². The van der Waals surface area contributed by atoms with Crippen LogP contribution < -0.4 is 5.32 Å². The minimum atomic E-state index is -0.333. The molecule has 0 saturated heterocycles. The Morgan fingerprint density at radius 1 is 1.22 bits per heavy atom. The molecule has 102 valence electrons. The van der Waals surface area contributed by atoms with Gasteiger partial charge in [0.25, 0.3) is 0 Å². The fourth-order valence-corrected chi connectivity index (χ4v) is 2.45. The van der Waals surface area contributed by atoms with Crippen LogP contribution in [0.3, 0.4) is 0 Å². The van der Waals surface area contributed by atoms with Crippen molar-refractivity contribution in [3.8, 4) is 0 Å². The van der Waals surface area contributed by atoms with Gasteiger partial charge in [-0.05, 0) is 25.1 Å². The molecule has 1 N–H and O–H groups in total. The zero-order valence-electron chi connectivity index (χ0n) is 11.3. The maximum Gasteiger partial charge on any atom is 0.142 e. The first-order valence-electron chi connectivity index (χ1n) is 6.81. The zero-order chi connectivity index (χ0) is 13.4. The molecule has 0 fully saturated rings. The molecule has 0 aromatic heterocycles. The molecule has 1 atom stereocenters. The molecule has 0 saturated carbocycles. The van der Waals surface area contributed by atoms with Gasteiger partial charge in [0.2, 0.25) is 0 Å². The molecule has 1 rings (SSSR count). The van der Waals surface area contributed by atoms with E-state index in [1.807, 2.05) is 13.1 Å². The first kappa shape index (κ1) is 15.5. The molecule has 3 heteroatoms. The second kappa shape index (κ2) is 8.49. The zero-order valence-corrected chi connectivity index (χ0v) is 12.1. The summed E-state index contributed by atoms with van der Waals surface area (Å²) in [5.74, 6) is -0.333. The van der Waals surface area contributed by atoms with Gasteiger partial charge in [-0.2, -0.15) is 0 Å². The predicted octanol–water partition coefficient (Wildman–Crippen LogP) is 5.10. The molecule has 18 heavy (non-hydrogen) atoms. The van der Waals surface area contributed by atoms with Crippen molar-refractivity contribution >= 4 is 11.6 Å². The average molecular weight is 272 g/mol. The Balaban J connectivity index is 2.52. The fourth-order valence-electron chi connectivity index (χ4n) is 2.20. The molecule has 1 aromatic rings. The molecular weight excluding hydrogens is 249 g/mol. The minimum Gasteiger partial charge on any atom is -0.313 e. The van der Waals surface area contributed by atoms with Gasteiger partial charge in [0, 0.05) is 6.04 Å².